The molecule has 0 aliphatic heterocycles. The quantitative estimate of drug-likeness (QED) is 0.449. The van der Waals surface area contributed by atoms with E-state index in [-0.39, 0.29) is 6.42 Å². The van der Waals surface area contributed by atoms with Gasteiger partial charge in [-0.15, -0.1) is 12.3 Å². The monoisotopic (exact) mass is 170 g/mol. The standard InChI is InChI=1S/C7H10N2O3/c1-2-3-5(8)7(12)9-4-6(10)11/h1,5H,3-4,8H2,(H,9,12)(H,10,11)/t5-/m0/s1. The number of carboxylic acid groups (broad SMARTS) is 1. The third-order valence-corrected chi connectivity index (χ3v) is 1.09. The van der Waals surface area contributed by atoms with Crippen LogP contribution in [0.25, 0.3) is 0 Å². The van der Waals surface area contributed by atoms with E-state index in [1.165, 1.54) is 0 Å². The summed E-state index contributed by atoms with van der Waals surface area (Å²) in [5, 5.41) is 10.3. The Labute approximate surface area is 69.9 Å². The summed E-state index contributed by atoms with van der Waals surface area (Å²) in [6, 6.07) is -0.825. The molecule has 0 saturated carbocycles. The molecule has 0 unspecified atom stereocenters. The molecule has 0 aliphatic rings. The van der Waals surface area contributed by atoms with Gasteiger partial charge in [0.1, 0.15) is 6.54 Å². The number of amides is 1. The lowest BCUT2D eigenvalue weighted by Gasteiger charge is -2.06. The lowest BCUT2D eigenvalue weighted by molar-refractivity contribution is -0.138. The Morgan fingerprint density at radius 2 is 2.25 bits per heavy atom. The van der Waals surface area contributed by atoms with Gasteiger partial charge in [0.05, 0.1) is 6.04 Å². The molecule has 0 aliphatic carbocycles. The molecular formula is C7H10N2O3. The van der Waals surface area contributed by atoms with Crippen LogP contribution in [-0.2, 0) is 9.59 Å². The zero-order valence-corrected chi connectivity index (χ0v) is 6.41. The average Bonchev–Trinajstić information content (AvgIpc) is 2.00. The van der Waals surface area contributed by atoms with Crippen molar-refractivity contribution in [1.29, 1.82) is 0 Å². The summed E-state index contributed by atoms with van der Waals surface area (Å²) in [7, 11) is 0. The molecular weight excluding hydrogens is 160 g/mol. The highest BCUT2D eigenvalue weighted by Crippen LogP contribution is 1.84. The minimum absolute atomic E-state index is 0.103. The molecule has 0 heterocycles. The van der Waals surface area contributed by atoms with Gasteiger partial charge in [-0.3, -0.25) is 9.59 Å². The Hall–Kier alpha value is -1.54. The van der Waals surface area contributed by atoms with Crippen molar-refractivity contribution in [3.63, 3.8) is 0 Å². The molecule has 0 saturated heterocycles. The van der Waals surface area contributed by atoms with Crippen molar-refractivity contribution in [2.24, 2.45) is 5.73 Å². The predicted octanol–water partition coefficient (Wildman–Crippen LogP) is -1.46. The second kappa shape index (κ2) is 5.16. The minimum Gasteiger partial charge on any atom is -0.480 e. The highest BCUT2D eigenvalue weighted by Gasteiger charge is 2.11. The fourth-order valence-corrected chi connectivity index (χ4v) is 0.513. The van der Waals surface area contributed by atoms with Crippen molar-refractivity contribution in [2.75, 3.05) is 6.54 Å². The molecule has 0 spiro atoms. The number of terminal acetylenes is 1. The molecule has 0 aromatic carbocycles. The first-order valence-corrected chi connectivity index (χ1v) is 3.26. The maximum absolute atomic E-state index is 10.8. The van der Waals surface area contributed by atoms with Gasteiger partial charge in [-0.05, 0) is 0 Å². The van der Waals surface area contributed by atoms with E-state index in [1.807, 2.05) is 0 Å². The fourth-order valence-electron chi connectivity index (χ4n) is 0.513. The number of rotatable bonds is 4. The molecule has 66 valence electrons. The van der Waals surface area contributed by atoms with Crippen molar-refractivity contribution in [2.45, 2.75) is 12.5 Å². The lowest BCUT2D eigenvalue weighted by atomic mass is 10.2. The van der Waals surface area contributed by atoms with E-state index in [0.29, 0.717) is 0 Å². The molecule has 4 N–H and O–H groups in total. The fraction of sp³-hybridized carbons (Fsp3) is 0.429. The number of hydrogen-bond donors (Lipinski definition) is 3. The Bertz CT molecular complexity index is 219. The van der Waals surface area contributed by atoms with Crippen LogP contribution in [0.3, 0.4) is 0 Å². The number of nitrogens with one attached hydrogen (secondary N) is 1. The number of carboxylic acids is 1. The van der Waals surface area contributed by atoms with Crippen molar-refractivity contribution in [3.8, 4) is 12.3 Å². The molecule has 1 atom stereocenters. The third-order valence-electron chi connectivity index (χ3n) is 1.09. The summed E-state index contributed by atoms with van der Waals surface area (Å²) in [5.41, 5.74) is 5.27. The number of hydrogen-bond acceptors (Lipinski definition) is 3. The van der Waals surface area contributed by atoms with Crippen LogP contribution < -0.4 is 11.1 Å². The van der Waals surface area contributed by atoms with E-state index in [1.54, 1.807) is 0 Å². The Balaban J connectivity index is 3.73. The molecule has 0 aromatic heterocycles. The van der Waals surface area contributed by atoms with Crippen molar-refractivity contribution in [3.05, 3.63) is 0 Å². The normalized spacial score (nSPS) is 11.3. The average molecular weight is 170 g/mol. The first kappa shape index (κ1) is 10.5. The van der Waals surface area contributed by atoms with Gasteiger partial charge in [-0.1, -0.05) is 0 Å². The van der Waals surface area contributed by atoms with Gasteiger partial charge < -0.3 is 16.2 Å². The van der Waals surface area contributed by atoms with Crippen molar-refractivity contribution in [1.82, 2.24) is 5.32 Å². The first-order valence-electron chi connectivity index (χ1n) is 3.26. The molecule has 0 radical (unpaired) electrons. The second-order valence-electron chi connectivity index (χ2n) is 2.13. The molecule has 0 bridgehead atoms. The predicted molar refractivity (Wildman–Crippen MR) is 42.1 cm³/mol. The largest absolute Gasteiger partial charge is 0.480 e. The van der Waals surface area contributed by atoms with Gasteiger partial charge in [0.25, 0.3) is 0 Å². The Morgan fingerprint density at radius 3 is 2.67 bits per heavy atom. The molecule has 5 heteroatoms. The summed E-state index contributed by atoms with van der Waals surface area (Å²) in [6.07, 6.45) is 5.00. The van der Waals surface area contributed by atoms with Gasteiger partial charge >= 0.3 is 5.97 Å². The zero-order valence-electron chi connectivity index (χ0n) is 6.41. The molecule has 5 nitrogen and oxygen atoms in total. The summed E-state index contributed by atoms with van der Waals surface area (Å²) >= 11 is 0. The molecule has 0 aromatic rings. The Kier molecular flexibility index (Phi) is 4.49. The molecule has 0 fully saturated rings. The van der Waals surface area contributed by atoms with E-state index >= 15 is 0 Å². The third kappa shape index (κ3) is 4.30. The van der Waals surface area contributed by atoms with E-state index in [0.717, 1.165) is 0 Å². The first-order chi connectivity index (χ1) is 5.57. The summed E-state index contributed by atoms with van der Waals surface area (Å²) in [6.45, 7) is -0.433. The minimum atomic E-state index is -1.11. The van der Waals surface area contributed by atoms with Crippen molar-refractivity contribution >= 4 is 11.9 Å². The van der Waals surface area contributed by atoms with E-state index in [9.17, 15) is 9.59 Å². The van der Waals surface area contributed by atoms with Crippen molar-refractivity contribution < 1.29 is 14.7 Å². The van der Waals surface area contributed by atoms with Crippen LogP contribution >= 0.6 is 0 Å². The van der Waals surface area contributed by atoms with Crippen LogP contribution in [0.4, 0.5) is 0 Å². The smallest absolute Gasteiger partial charge is 0.322 e. The van der Waals surface area contributed by atoms with Crippen LogP contribution in [-0.4, -0.2) is 29.6 Å². The maximum Gasteiger partial charge on any atom is 0.322 e. The second-order valence-corrected chi connectivity index (χ2v) is 2.13. The van der Waals surface area contributed by atoms with Crippen LogP contribution in [0.5, 0.6) is 0 Å². The highest BCUT2D eigenvalue weighted by molar-refractivity contribution is 5.85. The van der Waals surface area contributed by atoms with Crippen LogP contribution in [0.2, 0.25) is 0 Å². The van der Waals surface area contributed by atoms with Gasteiger partial charge in [-0.2, -0.15) is 0 Å². The number of carbonyl (C=O) groups excluding carboxylic acids is 1. The number of carbonyl (C=O) groups is 2. The van der Waals surface area contributed by atoms with Crippen LogP contribution in [0.15, 0.2) is 0 Å². The summed E-state index contributed by atoms with van der Waals surface area (Å²) in [5.74, 6) is 0.542. The van der Waals surface area contributed by atoms with Gasteiger partial charge in [0, 0.05) is 6.42 Å². The van der Waals surface area contributed by atoms with Gasteiger partial charge in [0.15, 0.2) is 0 Å². The lowest BCUT2D eigenvalue weighted by Crippen LogP contribution is -2.42. The molecule has 1 amide bonds. The zero-order chi connectivity index (χ0) is 9.56. The number of aliphatic carboxylic acids is 1. The molecule has 12 heavy (non-hydrogen) atoms. The summed E-state index contributed by atoms with van der Waals surface area (Å²) in [4.78, 5) is 20.8. The highest BCUT2D eigenvalue weighted by atomic mass is 16.4. The molecule has 0 rings (SSSR count). The van der Waals surface area contributed by atoms with E-state index < -0.39 is 24.5 Å². The van der Waals surface area contributed by atoms with Crippen LogP contribution in [0, 0.1) is 12.3 Å². The summed E-state index contributed by atoms with van der Waals surface area (Å²) < 4.78 is 0. The maximum atomic E-state index is 10.8. The SMILES string of the molecule is C#CC[C@H](N)C(=O)NCC(=O)O. The van der Waals surface area contributed by atoms with E-state index in [4.69, 9.17) is 17.3 Å². The Morgan fingerprint density at radius 1 is 1.67 bits per heavy atom. The van der Waals surface area contributed by atoms with Crippen LogP contribution in [0.1, 0.15) is 6.42 Å². The van der Waals surface area contributed by atoms with Gasteiger partial charge in [0.2, 0.25) is 5.91 Å². The van der Waals surface area contributed by atoms with Gasteiger partial charge in [-0.25, -0.2) is 0 Å². The topological polar surface area (TPSA) is 92.4 Å². The van der Waals surface area contributed by atoms with E-state index in [2.05, 4.69) is 11.2 Å². The number of nitrogens with two attached hydrogens (primary N) is 1.